The molecular weight excluding hydrogens is 242 g/mol. The summed E-state index contributed by atoms with van der Waals surface area (Å²) in [5, 5.41) is 10.4. The predicted octanol–water partition coefficient (Wildman–Crippen LogP) is 3.10. The van der Waals surface area contributed by atoms with E-state index in [1.807, 2.05) is 17.8 Å². The molecule has 80 valence electrons. The maximum absolute atomic E-state index is 8.97. The molecule has 1 aromatic heterocycles. The second-order valence-electron chi connectivity index (χ2n) is 3.18. The van der Waals surface area contributed by atoms with Crippen molar-refractivity contribution in [1.29, 1.82) is 5.26 Å². The van der Waals surface area contributed by atoms with Gasteiger partial charge in [0.1, 0.15) is 6.07 Å². The lowest BCUT2D eigenvalue weighted by Gasteiger charge is -2.04. The van der Waals surface area contributed by atoms with Crippen LogP contribution in [0.25, 0.3) is 0 Å². The summed E-state index contributed by atoms with van der Waals surface area (Å²) in [6.45, 7) is 0. The van der Waals surface area contributed by atoms with E-state index in [4.69, 9.17) is 16.9 Å². The molecule has 0 fully saturated rings. The molecule has 0 aliphatic rings. The third-order valence-corrected chi connectivity index (χ3v) is 3.41. The molecule has 0 unspecified atom stereocenters. The lowest BCUT2D eigenvalue weighted by molar-refractivity contribution is 0.790. The molecule has 0 saturated heterocycles. The van der Waals surface area contributed by atoms with Gasteiger partial charge in [0.15, 0.2) is 5.16 Å². The van der Waals surface area contributed by atoms with Crippen LogP contribution in [0, 0.1) is 11.3 Å². The minimum Gasteiger partial charge on any atom is -0.329 e. The molecule has 0 atom stereocenters. The van der Waals surface area contributed by atoms with E-state index in [0.29, 0.717) is 10.6 Å². The van der Waals surface area contributed by atoms with Crippen LogP contribution in [0.15, 0.2) is 40.6 Å². The standard InChI is InChI=1S/C11H8ClN3S/c1-15-5-4-14-11(15)16-10-6-9(12)3-2-8(10)7-13/h2-6H,1H3. The molecule has 0 radical (unpaired) electrons. The number of halogens is 1. The van der Waals surface area contributed by atoms with Crippen LogP contribution in [0.1, 0.15) is 5.56 Å². The molecule has 0 saturated carbocycles. The SMILES string of the molecule is Cn1ccnc1Sc1cc(Cl)ccc1C#N. The van der Waals surface area contributed by atoms with Crippen LogP contribution in [-0.4, -0.2) is 9.55 Å². The molecule has 0 amide bonds. The van der Waals surface area contributed by atoms with Gasteiger partial charge in [-0.25, -0.2) is 4.98 Å². The molecule has 0 N–H and O–H groups in total. The zero-order valence-corrected chi connectivity index (χ0v) is 10.1. The maximum Gasteiger partial charge on any atom is 0.172 e. The molecule has 0 spiro atoms. The van der Waals surface area contributed by atoms with Gasteiger partial charge in [0.2, 0.25) is 0 Å². The highest BCUT2D eigenvalue weighted by atomic mass is 35.5. The molecule has 0 bridgehead atoms. The zero-order chi connectivity index (χ0) is 11.5. The van der Waals surface area contributed by atoms with E-state index in [2.05, 4.69) is 11.1 Å². The average Bonchev–Trinajstić information content (AvgIpc) is 2.65. The van der Waals surface area contributed by atoms with Crippen molar-refractivity contribution in [1.82, 2.24) is 9.55 Å². The minimum absolute atomic E-state index is 0.609. The number of imidazole rings is 1. The Labute approximate surface area is 103 Å². The number of aromatic nitrogens is 2. The van der Waals surface area contributed by atoms with E-state index in [0.717, 1.165) is 10.1 Å². The molecule has 2 aromatic rings. The van der Waals surface area contributed by atoms with Crippen molar-refractivity contribution >= 4 is 23.4 Å². The first-order valence-electron chi connectivity index (χ1n) is 4.55. The highest BCUT2D eigenvalue weighted by Gasteiger charge is 2.08. The minimum atomic E-state index is 0.609. The fourth-order valence-corrected chi connectivity index (χ4v) is 2.38. The first kappa shape index (κ1) is 11.1. The van der Waals surface area contributed by atoms with Gasteiger partial charge in [-0.15, -0.1) is 0 Å². The van der Waals surface area contributed by atoms with Crippen LogP contribution < -0.4 is 0 Å². The van der Waals surface area contributed by atoms with Gasteiger partial charge in [-0.2, -0.15) is 5.26 Å². The Morgan fingerprint density at radius 1 is 1.50 bits per heavy atom. The Morgan fingerprint density at radius 2 is 2.31 bits per heavy atom. The van der Waals surface area contributed by atoms with Crippen LogP contribution in [0.2, 0.25) is 5.02 Å². The van der Waals surface area contributed by atoms with E-state index in [1.54, 1.807) is 24.4 Å². The van der Waals surface area contributed by atoms with E-state index < -0.39 is 0 Å². The molecule has 1 aromatic carbocycles. The van der Waals surface area contributed by atoms with Gasteiger partial charge in [-0.05, 0) is 18.2 Å². The summed E-state index contributed by atoms with van der Waals surface area (Å²) >= 11 is 7.33. The van der Waals surface area contributed by atoms with Gasteiger partial charge in [-0.1, -0.05) is 23.4 Å². The summed E-state index contributed by atoms with van der Waals surface area (Å²) in [6.07, 6.45) is 3.58. The largest absolute Gasteiger partial charge is 0.329 e. The fraction of sp³-hybridized carbons (Fsp3) is 0.0909. The molecule has 0 aliphatic heterocycles. The molecule has 0 aliphatic carbocycles. The average molecular weight is 250 g/mol. The molecule has 5 heteroatoms. The maximum atomic E-state index is 8.97. The normalized spacial score (nSPS) is 10.1. The smallest absolute Gasteiger partial charge is 0.172 e. The van der Waals surface area contributed by atoms with Gasteiger partial charge in [0.25, 0.3) is 0 Å². The molecule has 16 heavy (non-hydrogen) atoms. The number of nitriles is 1. The summed E-state index contributed by atoms with van der Waals surface area (Å²) in [6, 6.07) is 7.34. The number of rotatable bonds is 2. The zero-order valence-electron chi connectivity index (χ0n) is 8.51. The van der Waals surface area contributed by atoms with Crippen LogP contribution in [0.3, 0.4) is 0 Å². The Hall–Kier alpha value is -1.44. The summed E-state index contributed by atoms with van der Waals surface area (Å²) in [4.78, 5) is 5.01. The summed E-state index contributed by atoms with van der Waals surface area (Å²) in [5.41, 5.74) is 0.609. The number of benzene rings is 1. The van der Waals surface area contributed by atoms with E-state index >= 15 is 0 Å². The highest BCUT2D eigenvalue weighted by molar-refractivity contribution is 7.99. The van der Waals surface area contributed by atoms with Crippen LogP contribution >= 0.6 is 23.4 Å². The fourth-order valence-electron chi connectivity index (χ4n) is 1.22. The van der Waals surface area contributed by atoms with E-state index in [9.17, 15) is 0 Å². The number of hydrogen-bond acceptors (Lipinski definition) is 3. The van der Waals surface area contributed by atoms with Crippen LogP contribution in [0.5, 0.6) is 0 Å². The van der Waals surface area contributed by atoms with Gasteiger partial charge in [0.05, 0.1) is 5.56 Å². The van der Waals surface area contributed by atoms with Crippen molar-refractivity contribution < 1.29 is 0 Å². The lowest BCUT2D eigenvalue weighted by Crippen LogP contribution is -1.89. The highest BCUT2D eigenvalue weighted by Crippen LogP contribution is 2.30. The predicted molar refractivity (Wildman–Crippen MR) is 63.5 cm³/mol. The summed E-state index contributed by atoms with van der Waals surface area (Å²) in [7, 11) is 1.91. The first-order chi connectivity index (χ1) is 7.70. The van der Waals surface area contributed by atoms with E-state index in [-0.39, 0.29) is 0 Å². The van der Waals surface area contributed by atoms with E-state index in [1.165, 1.54) is 11.8 Å². The quantitative estimate of drug-likeness (QED) is 0.821. The topological polar surface area (TPSA) is 41.6 Å². The lowest BCUT2D eigenvalue weighted by atomic mass is 10.2. The van der Waals surface area contributed by atoms with Gasteiger partial charge < -0.3 is 4.57 Å². The van der Waals surface area contributed by atoms with Crippen molar-refractivity contribution in [3.05, 3.63) is 41.2 Å². The molecule has 1 heterocycles. The van der Waals surface area contributed by atoms with Crippen molar-refractivity contribution in [2.24, 2.45) is 7.05 Å². The summed E-state index contributed by atoms with van der Waals surface area (Å²) < 4.78 is 1.90. The van der Waals surface area contributed by atoms with Crippen LogP contribution in [0.4, 0.5) is 0 Å². The number of nitrogens with zero attached hydrogens (tertiary/aromatic N) is 3. The molecule has 2 rings (SSSR count). The van der Waals surface area contributed by atoms with Gasteiger partial charge >= 0.3 is 0 Å². The Kier molecular flexibility index (Phi) is 3.18. The Bertz CT molecular complexity index is 557. The molecular formula is C11H8ClN3S. The van der Waals surface area contributed by atoms with Crippen LogP contribution in [-0.2, 0) is 7.05 Å². The number of hydrogen-bond donors (Lipinski definition) is 0. The summed E-state index contributed by atoms with van der Waals surface area (Å²) in [5.74, 6) is 0. The van der Waals surface area contributed by atoms with Gasteiger partial charge in [0, 0.05) is 29.4 Å². The number of aryl methyl sites for hydroxylation is 1. The Morgan fingerprint density at radius 3 is 2.94 bits per heavy atom. The second-order valence-corrected chi connectivity index (χ2v) is 4.62. The van der Waals surface area contributed by atoms with Gasteiger partial charge in [-0.3, -0.25) is 0 Å². The molecule has 3 nitrogen and oxygen atoms in total. The Balaban J connectivity index is 2.38. The monoisotopic (exact) mass is 249 g/mol. The van der Waals surface area contributed by atoms with Crippen molar-refractivity contribution in [3.8, 4) is 6.07 Å². The second kappa shape index (κ2) is 4.60. The third-order valence-electron chi connectivity index (χ3n) is 2.04. The third kappa shape index (κ3) is 2.21. The first-order valence-corrected chi connectivity index (χ1v) is 5.75. The van der Waals surface area contributed by atoms with Crippen molar-refractivity contribution in [2.45, 2.75) is 10.1 Å². The van der Waals surface area contributed by atoms with Crippen molar-refractivity contribution in [2.75, 3.05) is 0 Å². The van der Waals surface area contributed by atoms with Crippen molar-refractivity contribution in [3.63, 3.8) is 0 Å².